The number of carbonyl (C=O) groups is 3. The number of carbonyl (C=O) groups excluding carboxylic acids is 3. The molecule has 1 fully saturated rings. The van der Waals surface area contributed by atoms with Crippen molar-refractivity contribution in [2.75, 3.05) is 37.7 Å². The molecule has 0 saturated carbocycles. The standard InChI is InChI=1S/C30H33N5O5/c1-19-16-20(2)35(32-19)15-12-31-28(36)21-10-13-33(14-11-21)24-7-5-6-23-27(24)30(38)34(29(23)37)17-22-18-39-25-8-3-4-9-26(25)40-22/h3-9,16,21-22H,10-15,17-18H2,1-2H3,(H,31,36)/t22-/m1/s1. The number of nitrogens with one attached hydrogen (secondary N) is 1. The molecule has 1 aromatic heterocycles. The molecule has 0 unspecified atom stereocenters. The number of rotatable bonds is 7. The van der Waals surface area contributed by atoms with Crippen LogP contribution in [0.5, 0.6) is 11.5 Å². The summed E-state index contributed by atoms with van der Waals surface area (Å²) in [7, 11) is 0. The van der Waals surface area contributed by atoms with Crippen molar-refractivity contribution in [3.05, 3.63) is 71.0 Å². The molecular formula is C30H33N5O5. The Morgan fingerprint density at radius 1 is 1.02 bits per heavy atom. The Hall–Kier alpha value is -4.34. The molecule has 3 amide bonds. The third-order valence-electron chi connectivity index (χ3n) is 7.86. The molecule has 2 aromatic carbocycles. The van der Waals surface area contributed by atoms with Crippen molar-refractivity contribution in [3.63, 3.8) is 0 Å². The fraction of sp³-hybridized carbons (Fsp3) is 0.400. The number of imide groups is 1. The van der Waals surface area contributed by atoms with Crippen LogP contribution in [0.2, 0.25) is 0 Å². The zero-order valence-corrected chi connectivity index (χ0v) is 22.8. The number of nitrogens with zero attached hydrogens (tertiary/aromatic N) is 4. The van der Waals surface area contributed by atoms with E-state index in [1.165, 1.54) is 4.90 Å². The zero-order valence-electron chi connectivity index (χ0n) is 22.8. The van der Waals surface area contributed by atoms with Gasteiger partial charge in [0.15, 0.2) is 17.6 Å². The van der Waals surface area contributed by atoms with E-state index in [1.807, 2.05) is 61.0 Å². The number of aromatic nitrogens is 2. The highest BCUT2D eigenvalue weighted by Gasteiger charge is 2.41. The van der Waals surface area contributed by atoms with Crippen molar-refractivity contribution in [2.45, 2.75) is 39.3 Å². The molecule has 0 aliphatic carbocycles. The van der Waals surface area contributed by atoms with Gasteiger partial charge in [0.1, 0.15) is 6.61 Å². The first kappa shape index (κ1) is 25.9. The maximum absolute atomic E-state index is 13.5. The minimum Gasteiger partial charge on any atom is -0.486 e. The normalized spacial score (nSPS) is 18.7. The van der Waals surface area contributed by atoms with Crippen LogP contribution < -0.4 is 19.7 Å². The van der Waals surface area contributed by atoms with Gasteiger partial charge < -0.3 is 19.7 Å². The average molecular weight is 544 g/mol. The van der Waals surface area contributed by atoms with Crippen molar-refractivity contribution < 1.29 is 23.9 Å². The number of piperidine rings is 1. The number of hydrogen-bond acceptors (Lipinski definition) is 7. The molecule has 3 aliphatic heterocycles. The first-order chi connectivity index (χ1) is 19.4. The molecule has 1 saturated heterocycles. The lowest BCUT2D eigenvalue weighted by Crippen LogP contribution is -2.44. The molecule has 6 rings (SSSR count). The van der Waals surface area contributed by atoms with Crippen LogP contribution in [0.25, 0.3) is 0 Å². The molecule has 40 heavy (non-hydrogen) atoms. The zero-order chi connectivity index (χ0) is 27.8. The molecule has 0 radical (unpaired) electrons. The number of anilines is 1. The van der Waals surface area contributed by atoms with Crippen molar-refractivity contribution in [1.82, 2.24) is 20.0 Å². The van der Waals surface area contributed by atoms with Gasteiger partial charge in [0.25, 0.3) is 11.8 Å². The van der Waals surface area contributed by atoms with Gasteiger partial charge in [-0.2, -0.15) is 5.10 Å². The molecule has 4 heterocycles. The van der Waals surface area contributed by atoms with Crippen LogP contribution in [0.3, 0.4) is 0 Å². The highest BCUT2D eigenvalue weighted by atomic mass is 16.6. The van der Waals surface area contributed by atoms with E-state index in [0.717, 1.165) is 17.1 Å². The van der Waals surface area contributed by atoms with Gasteiger partial charge in [-0.3, -0.25) is 24.0 Å². The quantitative estimate of drug-likeness (QED) is 0.457. The Morgan fingerprint density at radius 2 is 1.80 bits per heavy atom. The third kappa shape index (κ3) is 4.89. The van der Waals surface area contributed by atoms with Gasteiger partial charge in [-0.1, -0.05) is 18.2 Å². The van der Waals surface area contributed by atoms with Gasteiger partial charge in [0, 0.05) is 31.2 Å². The van der Waals surface area contributed by atoms with E-state index in [1.54, 1.807) is 6.07 Å². The van der Waals surface area contributed by atoms with E-state index in [0.29, 0.717) is 61.6 Å². The predicted octanol–water partition coefficient (Wildman–Crippen LogP) is 2.97. The Labute approximate surface area is 232 Å². The summed E-state index contributed by atoms with van der Waals surface area (Å²) >= 11 is 0. The molecule has 10 heteroatoms. The number of amides is 3. The van der Waals surface area contributed by atoms with Crippen LogP contribution in [0.4, 0.5) is 5.69 Å². The second kappa shape index (κ2) is 10.7. The summed E-state index contributed by atoms with van der Waals surface area (Å²) in [5.41, 5.74) is 3.62. The van der Waals surface area contributed by atoms with E-state index in [4.69, 9.17) is 9.47 Å². The minimum absolute atomic E-state index is 0.0492. The summed E-state index contributed by atoms with van der Waals surface area (Å²) in [5.74, 6) is 0.586. The molecule has 1 N–H and O–H groups in total. The van der Waals surface area contributed by atoms with Crippen LogP contribution in [0.15, 0.2) is 48.5 Å². The van der Waals surface area contributed by atoms with Crippen molar-refractivity contribution in [3.8, 4) is 11.5 Å². The maximum Gasteiger partial charge on any atom is 0.263 e. The van der Waals surface area contributed by atoms with Gasteiger partial charge in [-0.25, -0.2) is 0 Å². The van der Waals surface area contributed by atoms with Gasteiger partial charge in [-0.05, 0) is 57.0 Å². The Morgan fingerprint density at radius 3 is 2.55 bits per heavy atom. The summed E-state index contributed by atoms with van der Waals surface area (Å²) in [6.07, 6.45) is 0.901. The van der Waals surface area contributed by atoms with Crippen LogP contribution in [-0.4, -0.2) is 71.3 Å². The number of fused-ring (bicyclic) bond motifs is 2. The summed E-state index contributed by atoms with van der Waals surface area (Å²) in [4.78, 5) is 43.0. The average Bonchev–Trinajstić information content (AvgIpc) is 3.42. The summed E-state index contributed by atoms with van der Waals surface area (Å²) in [6, 6.07) is 14.8. The number of aryl methyl sites for hydroxylation is 2. The van der Waals surface area contributed by atoms with Crippen molar-refractivity contribution in [1.29, 1.82) is 0 Å². The summed E-state index contributed by atoms with van der Waals surface area (Å²) in [6.45, 7) is 6.76. The first-order valence-electron chi connectivity index (χ1n) is 13.8. The van der Waals surface area contributed by atoms with Gasteiger partial charge in [-0.15, -0.1) is 0 Å². The van der Waals surface area contributed by atoms with E-state index in [-0.39, 0.29) is 36.8 Å². The Balaban J connectivity index is 1.07. The lowest BCUT2D eigenvalue weighted by molar-refractivity contribution is -0.125. The SMILES string of the molecule is Cc1cc(C)n(CCNC(=O)C2CCN(c3cccc4c3C(=O)N(C[C@@H]3COc5ccccc5O3)C4=O)CC2)n1. The number of ether oxygens (including phenoxy) is 2. The fourth-order valence-corrected chi connectivity index (χ4v) is 5.81. The van der Waals surface area contributed by atoms with E-state index >= 15 is 0 Å². The molecule has 3 aromatic rings. The second-order valence-corrected chi connectivity index (χ2v) is 10.6. The van der Waals surface area contributed by atoms with Crippen LogP contribution >= 0.6 is 0 Å². The van der Waals surface area contributed by atoms with Gasteiger partial charge in [0.05, 0.1) is 35.6 Å². The largest absolute Gasteiger partial charge is 0.486 e. The third-order valence-corrected chi connectivity index (χ3v) is 7.86. The number of para-hydroxylation sites is 2. The molecule has 3 aliphatic rings. The summed E-state index contributed by atoms with van der Waals surface area (Å²) in [5, 5.41) is 7.49. The molecule has 208 valence electrons. The maximum atomic E-state index is 13.5. The fourth-order valence-electron chi connectivity index (χ4n) is 5.81. The van der Waals surface area contributed by atoms with E-state index in [9.17, 15) is 14.4 Å². The minimum atomic E-state index is -0.448. The predicted molar refractivity (Wildman–Crippen MR) is 148 cm³/mol. The first-order valence-corrected chi connectivity index (χ1v) is 13.8. The monoisotopic (exact) mass is 543 g/mol. The molecule has 0 spiro atoms. The van der Waals surface area contributed by atoms with Crippen molar-refractivity contribution in [2.24, 2.45) is 5.92 Å². The van der Waals surface area contributed by atoms with Crippen LogP contribution in [-0.2, 0) is 11.3 Å². The highest BCUT2D eigenvalue weighted by molar-refractivity contribution is 6.23. The van der Waals surface area contributed by atoms with E-state index < -0.39 is 6.10 Å². The van der Waals surface area contributed by atoms with Gasteiger partial charge >= 0.3 is 0 Å². The molecule has 1 atom stereocenters. The summed E-state index contributed by atoms with van der Waals surface area (Å²) < 4.78 is 13.7. The highest BCUT2D eigenvalue weighted by Crippen LogP contribution is 2.35. The smallest absolute Gasteiger partial charge is 0.263 e. The Bertz CT molecular complexity index is 1460. The molecule has 10 nitrogen and oxygen atoms in total. The topological polar surface area (TPSA) is 106 Å². The second-order valence-electron chi connectivity index (χ2n) is 10.6. The van der Waals surface area contributed by atoms with E-state index in [2.05, 4.69) is 15.3 Å². The lowest BCUT2D eigenvalue weighted by Gasteiger charge is -2.34. The van der Waals surface area contributed by atoms with Crippen LogP contribution in [0, 0.1) is 19.8 Å². The number of benzene rings is 2. The molecule has 0 bridgehead atoms. The Kier molecular flexibility index (Phi) is 6.91. The van der Waals surface area contributed by atoms with Crippen molar-refractivity contribution >= 4 is 23.4 Å². The van der Waals surface area contributed by atoms with Gasteiger partial charge in [0.2, 0.25) is 5.91 Å². The van der Waals surface area contributed by atoms with Crippen LogP contribution in [0.1, 0.15) is 44.9 Å². The lowest BCUT2D eigenvalue weighted by atomic mass is 9.94. The number of hydrogen-bond donors (Lipinski definition) is 1. The molecular weight excluding hydrogens is 510 g/mol.